The minimum atomic E-state index is -0.411. The molecule has 1 aromatic rings. The van der Waals surface area contributed by atoms with Gasteiger partial charge < -0.3 is 15.5 Å². The molecule has 0 aromatic heterocycles. The number of nitrogen functional groups attached to an aromatic ring is 1. The van der Waals surface area contributed by atoms with Crippen LogP contribution in [0.2, 0.25) is 5.02 Å². The van der Waals surface area contributed by atoms with Gasteiger partial charge in [-0.2, -0.15) is 0 Å². The first kappa shape index (κ1) is 11.5. The lowest BCUT2D eigenvalue weighted by molar-refractivity contribution is 0.311. The Bertz CT molecular complexity index is 389. The van der Waals surface area contributed by atoms with Gasteiger partial charge in [0, 0.05) is 26.2 Å². The maximum absolute atomic E-state index is 13.9. The van der Waals surface area contributed by atoms with E-state index in [1.165, 1.54) is 0 Å². The van der Waals surface area contributed by atoms with Crippen molar-refractivity contribution in [2.75, 3.05) is 43.9 Å². The predicted octanol–water partition coefficient (Wildman–Crippen LogP) is 1.81. The van der Waals surface area contributed by atoms with Crippen LogP contribution >= 0.6 is 11.6 Å². The molecule has 1 aliphatic heterocycles. The van der Waals surface area contributed by atoms with Crippen LogP contribution in [0.25, 0.3) is 0 Å². The van der Waals surface area contributed by atoms with E-state index in [9.17, 15) is 4.39 Å². The van der Waals surface area contributed by atoms with Crippen LogP contribution in [-0.2, 0) is 0 Å². The molecule has 16 heavy (non-hydrogen) atoms. The van der Waals surface area contributed by atoms with Crippen molar-refractivity contribution in [2.45, 2.75) is 0 Å². The molecule has 2 N–H and O–H groups in total. The lowest BCUT2D eigenvalue weighted by atomic mass is 10.2. The molecule has 1 aliphatic rings. The van der Waals surface area contributed by atoms with Gasteiger partial charge in [0.2, 0.25) is 0 Å². The first-order chi connectivity index (χ1) is 7.59. The third-order valence-corrected chi connectivity index (χ3v) is 3.32. The molecule has 0 aliphatic carbocycles. The number of benzene rings is 1. The summed E-state index contributed by atoms with van der Waals surface area (Å²) in [5.41, 5.74) is 6.38. The predicted molar refractivity (Wildman–Crippen MR) is 65.5 cm³/mol. The van der Waals surface area contributed by atoms with E-state index in [1.54, 1.807) is 12.1 Å². The Morgan fingerprint density at radius 2 is 1.88 bits per heavy atom. The average Bonchev–Trinajstić information content (AvgIpc) is 2.28. The molecular weight excluding hydrogens is 229 g/mol. The minimum absolute atomic E-state index is 0.0245. The van der Waals surface area contributed by atoms with E-state index in [0.29, 0.717) is 5.69 Å². The van der Waals surface area contributed by atoms with E-state index in [-0.39, 0.29) is 10.7 Å². The van der Waals surface area contributed by atoms with Crippen LogP contribution in [0.5, 0.6) is 0 Å². The van der Waals surface area contributed by atoms with Gasteiger partial charge in [-0.25, -0.2) is 4.39 Å². The SMILES string of the molecule is CN1CCN(c2ccc(N)c(Cl)c2F)CC1. The van der Waals surface area contributed by atoms with Gasteiger partial charge in [0.1, 0.15) is 5.02 Å². The molecule has 3 nitrogen and oxygen atoms in total. The second-order valence-electron chi connectivity index (χ2n) is 4.09. The Morgan fingerprint density at radius 1 is 1.25 bits per heavy atom. The number of hydrogen-bond acceptors (Lipinski definition) is 3. The summed E-state index contributed by atoms with van der Waals surface area (Å²) < 4.78 is 13.9. The smallest absolute Gasteiger partial charge is 0.167 e. The number of piperazine rings is 1. The van der Waals surface area contributed by atoms with Crippen LogP contribution in [0.15, 0.2) is 12.1 Å². The molecule has 0 amide bonds. The zero-order valence-electron chi connectivity index (χ0n) is 9.21. The van der Waals surface area contributed by atoms with Crippen LogP contribution in [0.4, 0.5) is 15.8 Å². The summed E-state index contributed by atoms with van der Waals surface area (Å²) in [5.74, 6) is -0.411. The summed E-state index contributed by atoms with van der Waals surface area (Å²) in [7, 11) is 2.06. The van der Waals surface area contributed by atoms with Crippen LogP contribution in [-0.4, -0.2) is 38.1 Å². The first-order valence-corrected chi connectivity index (χ1v) is 5.64. The average molecular weight is 244 g/mol. The van der Waals surface area contributed by atoms with Crippen molar-refractivity contribution in [3.63, 3.8) is 0 Å². The third kappa shape index (κ3) is 2.08. The van der Waals surface area contributed by atoms with Gasteiger partial charge in [-0.1, -0.05) is 11.6 Å². The van der Waals surface area contributed by atoms with Gasteiger partial charge in [-0.15, -0.1) is 0 Å². The van der Waals surface area contributed by atoms with Gasteiger partial charge >= 0.3 is 0 Å². The Labute approximate surface area is 99.6 Å². The van der Waals surface area contributed by atoms with Crippen molar-refractivity contribution >= 4 is 23.0 Å². The maximum atomic E-state index is 13.9. The van der Waals surface area contributed by atoms with Gasteiger partial charge in [0.05, 0.1) is 11.4 Å². The maximum Gasteiger partial charge on any atom is 0.167 e. The van der Waals surface area contributed by atoms with Crippen LogP contribution in [0, 0.1) is 5.82 Å². The number of anilines is 2. The second-order valence-corrected chi connectivity index (χ2v) is 4.47. The highest BCUT2D eigenvalue weighted by atomic mass is 35.5. The molecule has 1 fully saturated rings. The number of hydrogen-bond donors (Lipinski definition) is 1. The highest BCUT2D eigenvalue weighted by Gasteiger charge is 2.19. The zero-order valence-corrected chi connectivity index (χ0v) is 9.97. The Hall–Kier alpha value is -1.000. The Morgan fingerprint density at radius 3 is 2.50 bits per heavy atom. The van der Waals surface area contributed by atoms with Gasteiger partial charge in [0.15, 0.2) is 5.82 Å². The quantitative estimate of drug-likeness (QED) is 0.764. The van der Waals surface area contributed by atoms with E-state index in [2.05, 4.69) is 11.9 Å². The fourth-order valence-electron chi connectivity index (χ4n) is 1.85. The summed E-state index contributed by atoms with van der Waals surface area (Å²) in [6, 6.07) is 3.35. The van der Waals surface area contributed by atoms with Crippen molar-refractivity contribution < 1.29 is 4.39 Å². The molecule has 0 radical (unpaired) electrons. The largest absolute Gasteiger partial charge is 0.397 e. The Kier molecular flexibility index (Phi) is 3.21. The van der Waals surface area contributed by atoms with Crippen molar-refractivity contribution in [1.29, 1.82) is 0 Å². The zero-order chi connectivity index (χ0) is 11.7. The third-order valence-electron chi connectivity index (χ3n) is 2.94. The lowest BCUT2D eigenvalue weighted by Gasteiger charge is -2.34. The number of nitrogens with two attached hydrogens (primary N) is 1. The first-order valence-electron chi connectivity index (χ1n) is 5.26. The van der Waals surface area contributed by atoms with Gasteiger partial charge in [0.25, 0.3) is 0 Å². The molecule has 1 saturated heterocycles. The summed E-state index contributed by atoms with van der Waals surface area (Å²) in [6.07, 6.45) is 0. The van der Waals surface area contributed by atoms with Crippen LogP contribution in [0.3, 0.4) is 0 Å². The fourth-order valence-corrected chi connectivity index (χ4v) is 2.01. The summed E-state index contributed by atoms with van der Waals surface area (Å²) in [4.78, 5) is 4.22. The Balaban J connectivity index is 2.24. The molecule has 0 bridgehead atoms. The van der Waals surface area contributed by atoms with E-state index < -0.39 is 5.82 Å². The summed E-state index contributed by atoms with van der Waals surface area (Å²) in [5, 5.41) is 0.0245. The number of likely N-dealkylation sites (N-methyl/N-ethyl adjacent to an activating group) is 1. The molecule has 2 rings (SSSR count). The monoisotopic (exact) mass is 243 g/mol. The van der Waals surface area contributed by atoms with E-state index in [1.807, 2.05) is 4.90 Å². The van der Waals surface area contributed by atoms with Crippen molar-refractivity contribution in [2.24, 2.45) is 0 Å². The van der Waals surface area contributed by atoms with Crippen molar-refractivity contribution in [3.8, 4) is 0 Å². The fraction of sp³-hybridized carbons (Fsp3) is 0.455. The molecule has 1 heterocycles. The highest BCUT2D eigenvalue weighted by Crippen LogP contribution is 2.30. The number of rotatable bonds is 1. The molecule has 5 heteroatoms. The van der Waals surface area contributed by atoms with E-state index >= 15 is 0 Å². The van der Waals surface area contributed by atoms with E-state index in [4.69, 9.17) is 17.3 Å². The van der Waals surface area contributed by atoms with Gasteiger partial charge in [-0.05, 0) is 19.2 Å². The van der Waals surface area contributed by atoms with Crippen LogP contribution < -0.4 is 10.6 Å². The molecule has 0 saturated carbocycles. The lowest BCUT2D eigenvalue weighted by Crippen LogP contribution is -2.44. The van der Waals surface area contributed by atoms with E-state index in [0.717, 1.165) is 26.2 Å². The number of nitrogens with zero attached hydrogens (tertiary/aromatic N) is 2. The molecule has 1 aromatic carbocycles. The standard InChI is InChI=1S/C11H15ClFN3/c1-15-4-6-16(7-5-15)9-3-2-8(14)10(12)11(9)13/h2-3H,4-7,14H2,1H3. The molecule has 0 unspecified atom stereocenters. The second kappa shape index (κ2) is 4.47. The highest BCUT2D eigenvalue weighted by molar-refractivity contribution is 6.33. The summed E-state index contributed by atoms with van der Waals surface area (Å²) in [6.45, 7) is 3.49. The number of halogens is 2. The van der Waals surface area contributed by atoms with Crippen molar-refractivity contribution in [1.82, 2.24) is 4.90 Å². The molecule has 0 spiro atoms. The molecular formula is C11H15ClFN3. The van der Waals surface area contributed by atoms with Crippen molar-refractivity contribution in [3.05, 3.63) is 23.0 Å². The van der Waals surface area contributed by atoms with Crippen LogP contribution in [0.1, 0.15) is 0 Å². The topological polar surface area (TPSA) is 32.5 Å². The normalized spacial score (nSPS) is 17.8. The minimum Gasteiger partial charge on any atom is -0.397 e. The molecule has 0 atom stereocenters. The summed E-state index contributed by atoms with van der Waals surface area (Å²) >= 11 is 5.79. The van der Waals surface area contributed by atoms with Gasteiger partial charge in [-0.3, -0.25) is 0 Å². The molecule has 88 valence electrons.